The summed E-state index contributed by atoms with van der Waals surface area (Å²) >= 11 is 0. The second-order valence-electron chi connectivity index (χ2n) is 7.46. The Balaban J connectivity index is 1.61. The van der Waals surface area contributed by atoms with Gasteiger partial charge in [0.1, 0.15) is 17.5 Å². The Kier molecular flexibility index (Phi) is 6.14. The SMILES string of the molecule is Cn1nccc1-c1cnc(N)c(-c2ccc(C(=O)NC(CO)c3cccc(F)c3)c(F)c2)c1. The van der Waals surface area contributed by atoms with Crippen LogP contribution in [0.2, 0.25) is 0 Å². The van der Waals surface area contributed by atoms with E-state index in [4.69, 9.17) is 5.73 Å². The molecule has 0 radical (unpaired) electrons. The van der Waals surface area contributed by atoms with Gasteiger partial charge in [0.15, 0.2) is 0 Å². The molecule has 168 valence electrons. The third-order valence-electron chi connectivity index (χ3n) is 5.30. The lowest BCUT2D eigenvalue weighted by Crippen LogP contribution is -2.31. The van der Waals surface area contributed by atoms with Crippen molar-refractivity contribution in [2.24, 2.45) is 7.05 Å². The molecule has 4 N–H and O–H groups in total. The van der Waals surface area contributed by atoms with Crippen LogP contribution in [-0.2, 0) is 7.05 Å². The Morgan fingerprint density at radius 2 is 1.97 bits per heavy atom. The van der Waals surface area contributed by atoms with Crippen molar-refractivity contribution >= 4 is 11.7 Å². The van der Waals surface area contributed by atoms with Gasteiger partial charge in [0.2, 0.25) is 0 Å². The van der Waals surface area contributed by atoms with Gasteiger partial charge in [-0.1, -0.05) is 18.2 Å². The van der Waals surface area contributed by atoms with Crippen LogP contribution in [0.25, 0.3) is 22.4 Å². The van der Waals surface area contributed by atoms with Crippen LogP contribution >= 0.6 is 0 Å². The minimum atomic E-state index is -0.886. The molecule has 2 aromatic carbocycles. The first-order valence-corrected chi connectivity index (χ1v) is 10.1. The number of anilines is 1. The molecule has 1 amide bonds. The predicted octanol–water partition coefficient (Wildman–Crippen LogP) is 3.47. The molecule has 4 aromatic rings. The number of nitrogens with two attached hydrogens (primary N) is 1. The van der Waals surface area contributed by atoms with Crippen LogP contribution in [0.15, 0.2) is 67.0 Å². The monoisotopic (exact) mass is 449 g/mol. The van der Waals surface area contributed by atoms with E-state index in [-0.39, 0.29) is 11.4 Å². The molecular weight excluding hydrogens is 428 g/mol. The van der Waals surface area contributed by atoms with Crippen LogP contribution in [0, 0.1) is 11.6 Å². The Labute approximate surface area is 188 Å². The number of amides is 1. The van der Waals surface area contributed by atoms with E-state index in [9.17, 15) is 18.7 Å². The van der Waals surface area contributed by atoms with Crippen LogP contribution in [-0.4, -0.2) is 32.4 Å². The summed E-state index contributed by atoms with van der Waals surface area (Å²) in [5, 5.41) is 16.3. The minimum Gasteiger partial charge on any atom is -0.394 e. The number of hydrogen-bond donors (Lipinski definition) is 3. The lowest BCUT2D eigenvalue weighted by molar-refractivity contribution is 0.0912. The molecule has 1 atom stereocenters. The molecule has 0 aliphatic carbocycles. The van der Waals surface area contributed by atoms with Gasteiger partial charge in [0, 0.05) is 30.6 Å². The Hall–Kier alpha value is -4.11. The molecule has 9 heteroatoms. The number of benzene rings is 2. The number of nitrogens with zero attached hydrogens (tertiary/aromatic N) is 3. The maximum Gasteiger partial charge on any atom is 0.254 e. The summed E-state index contributed by atoms with van der Waals surface area (Å²) in [6.45, 7) is -0.474. The van der Waals surface area contributed by atoms with Crippen LogP contribution in [0.3, 0.4) is 0 Å². The number of halogens is 2. The van der Waals surface area contributed by atoms with Crippen LogP contribution in [0.5, 0.6) is 0 Å². The Morgan fingerprint density at radius 3 is 2.64 bits per heavy atom. The third-order valence-corrected chi connectivity index (χ3v) is 5.30. The lowest BCUT2D eigenvalue weighted by atomic mass is 10.0. The van der Waals surface area contributed by atoms with Crippen molar-refractivity contribution in [3.8, 4) is 22.4 Å². The van der Waals surface area contributed by atoms with E-state index < -0.39 is 30.2 Å². The van der Waals surface area contributed by atoms with Crippen molar-refractivity contribution in [1.82, 2.24) is 20.1 Å². The van der Waals surface area contributed by atoms with E-state index in [2.05, 4.69) is 15.4 Å². The molecule has 0 bridgehead atoms. The van der Waals surface area contributed by atoms with Gasteiger partial charge < -0.3 is 16.2 Å². The van der Waals surface area contributed by atoms with Gasteiger partial charge in [-0.05, 0) is 47.5 Å². The largest absolute Gasteiger partial charge is 0.394 e. The van der Waals surface area contributed by atoms with Gasteiger partial charge in [-0.3, -0.25) is 9.48 Å². The molecule has 0 fully saturated rings. The molecular formula is C24H21F2N5O2. The molecule has 0 aliphatic rings. The summed E-state index contributed by atoms with van der Waals surface area (Å²) in [7, 11) is 1.79. The van der Waals surface area contributed by atoms with Crippen LogP contribution < -0.4 is 11.1 Å². The molecule has 33 heavy (non-hydrogen) atoms. The maximum absolute atomic E-state index is 14.9. The number of aliphatic hydroxyl groups is 1. The van der Waals surface area contributed by atoms with Crippen LogP contribution in [0.4, 0.5) is 14.6 Å². The van der Waals surface area contributed by atoms with E-state index in [0.29, 0.717) is 16.7 Å². The minimum absolute atomic E-state index is 0.212. The number of carbonyl (C=O) groups excluding carboxylic acids is 1. The quantitative estimate of drug-likeness (QED) is 0.418. The zero-order chi connectivity index (χ0) is 23.5. The second-order valence-corrected chi connectivity index (χ2v) is 7.46. The fraction of sp³-hybridized carbons (Fsp3) is 0.125. The summed E-state index contributed by atoms with van der Waals surface area (Å²) in [6, 6.07) is 12.3. The molecule has 0 spiro atoms. The normalized spacial score (nSPS) is 11.9. The average Bonchev–Trinajstić information content (AvgIpc) is 3.23. The molecule has 0 aliphatic heterocycles. The molecule has 2 heterocycles. The number of nitrogens with one attached hydrogen (secondary N) is 1. The van der Waals surface area contributed by atoms with Crippen molar-refractivity contribution in [2.75, 3.05) is 12.3 Å². The summed E-state index contributed by atoms with van der Waals surface area (Å²) in [6.07, 6.45) is 3.26. The highest BCUT2D eigenvalue weighted by atomic mass is 19.1. The fourth-order valence-corrected chi connectivity index (χ4v) is 3.56. The number of aliphatic hydroxyl groups excluding tert-OH is 1. The van der Waals surface area contributed by atoms with E-state index >= 15 is 0 Å². The lowest BCUT2D eigenvalue weighted by Gasteiger charge is -2.17. The van der Waals surface area contributed by atoms with E-state index in [1.807, 2.05) is 6.07 Å². The highest BCUT2D eigenvalue weighted by molar-refractivity contribution is 5.95. The van der Waals surface area contributed by atoms with Crippen molar-refractivity contribution in [3.05, 3.63) is 89.8 Å². The number of hydrogen-bond acceptors (Lipinski definition) is 5. The zero-order valence-electron chi connectivity index (χ0n) is 17.7. The molecule has 4 rings (SSSR count). The van der Waals surface area contributed by atoms with Gasteiger partial charge in [-0.15, -0.1) is 0 Å². The number of rotatable bonds is 6. The summed E-state index contributed by atoms with van der Waals surface area (Å²) in [4.78, 5) is 16.9. The summed E-state index contributed by atoms with van der Waals surface area (Å²) in [5.41, 5.74) is 8.70. The van der Waals surface area contributed by atoms with Gasteiger partial charge in [0.05, 0.1) is 23.9 Å². The van der Waals surface area contributed by atoms with Gasteiger partial charge in [0.25, 0.3) is 5.91 Å². The van der Waals surface area contributed by atoms with E-state index in [1.165, 1.54) is 30.3 Å². The fourth-order valence-electron chi connectivity index (χ4n) is 3.56. The first-order valence-electron chi connectivity index (χ1n) is 10.1. The summed E-state index contributed by atoms with van der Waals surface area (Å²) in [5.74, 6) is -1.80. The maximum atomic E-state index is 14.9. The smallest absolute Gasteiger partial charge is 0.254 e. The van der Waals surface area contributed by atoms with E-state index in [0.717, 1.165) is 11.3 Å². The molecule has 2 aromatic heterocycles. The van der Waals surface area contributed by atoms with Gasteiger partial charge >= 0.3 is 0 Å². The topological polar surface area (TPSA) is 106 Å². The first kappa shape index (κ1) is 22.1. The molecule has 0 saturated heterocycles. The van der Waals surface area contributed by atoms with E-state index in [1.54, 1.807) is 42.3 Å². The highest BCUT2D eigenvalue weighted by Crippen LogP contribution is 2.30. The number of pyridine rings is 1. The number of aromatic nitrogens is 3. The number of carbonyl (C=O) groups is 1. The summed E-state index contributed by atoms with van der Waals surface area (Å²) < 4.78 is 30.1. The van der Waals surface area contributed by atoms with Crippen LogP contribution in [0.1, 0.15) is 22.0 Å². The third kappa shape index (κ3) is 4.58. The predicted molar refractivity (Wildman–Crippen MR) is 120 cm³/mol. The van der Waals surface area contributed by atoms with Crippen molar-refractivity contribution in [1.29, 1.82) is 0 Å². The number of nitrogen functional groups attached to an aromatic ring is 1. The van der Waals surface area contributed by atoms with Crippen molar-refractivity contribution < 1.29 is 18.7 Å². The Bertz CT molecular complexity index is 1320. The number of aryl methyl sites for hydroxylation is 1. The standard InChI is InChI=1S/C24H21F2N5O2/c1-31-22(7-8-29-31)16-10-19(23(27)28-12-16)14-5-6-18(20(26)11-14)24(33)30-21(13-32)15-3-2-4-17(25)9-15/h2-12,21,32H,13H2,1H3,(H2,27,28)(H,30,33). The van der Waals surface area contributed by atoms with Gasteiger partial charge in [-0.2, -0.15) is 5.10 Å². The average molecular weight is 449 g/mol. The van der Waals surface area contributed by atoms with Gasteiger partial charge in [-0.25, -0.2) is 13.8 Å². The molecule has 7 nitrogen and oxygen atoms in total. The molecule has 0 saturated carbocycles. The van der Waals surface area contributed by atoms with Crippen molar-refractivity contribution in [2.45, 2.75) is 6.04 Å². The molecule has 1 unspecified atom stereocenters. The second kappa shape index (κ2) is 9.17. The Morgan fingerprint density at radius 1 is 1.15 bits per heavy atom. The zero-order valence-corrected chi connectivity index (χ0v) is 17.7. The first-order chi connectivity index (χ1) is 15.9. The van der Waals surface area contributed by atoms with Crippen molar-refractivity contribution in [3.63, 3.8) is 0 Å². The highest BCUT2D eigenvalue weighted by Gasteiger charge is 2.19.